The first kappa shape index (κ1) is 12.2. The quantitative estimate of drug-likeness (QED) is 0.295. The molecule has 0 unspecified atom stereocenters. The van der Waals surface area contributed by atoms with Crippen molar-refractivity contribution in [3.8, 4) is 0 Å². The minimum atomic E-state index is -4.26. The lowest BCUT2D eigenvalue weighted by Gasteiger charge is -1.90. The number of hydrogen-bond acceptors (Lipinski definition) is 5. The zero-order valence-corrected chi connectivity index (χ0v) is 5.91. The molecule has 0 aromatic heterocycles. The molecule has 0 fully saturated rings. The van der Waals surface area contributed by atoms with Gasteiger partial charge in [-0.1, -0.05) is 6.08 Å². The molecule has 62 valence electrons. The van der Waals surface area contributed by atoms with Gasteiger partial charge in [0, 0.05) is 0 Å². The molecule has 0 amide bonds. The van der Waals surface area contributed by atoms with Gasteiger partial charge in [-0.25, -0.2) is 10.1 Å². The van der Waals surface area contributed by atoms with E-state index < -0.39 is 10.4 Å². The molecule has 0 rings (SSSR count). The smallest absolute Gasteiger partial charge is 0.320 e. The fraction of sp³-hybridized carbons (Fsp3) is 0.333. The Hall–Kier alpha value is -0.470. The standard InChI is InChI=1S/C3H6O4S.H3NO/c1-2-3-7-8(4,5)6;1-2/h2H,1,3H2,(H,4,5,6);2H,1H2. The fourth-order valence-corrected chi connectivity index (χ4v) is 0.402. The highest BCUT2D eigenvalue weighted by Gasteiger charge is 1.99. The van der Waals surface area contributed by atoms with E-state index in [0.717, 1.165) is 0 Å². The number of hydrogen-bond donors (Lipinski definition) is 3. The summed E-state index contributed by atoms with van der Waals surface area (Å²) in [5.74, 6) is 3.50. The maximum Gasteiger partial charge on any atom is 0.397 e. The van der Waals surface area contributed by atoms with Crippen LogP contribution in [0, 0.1) is 0 Å². The van der Waals surface area contributed by atoms with Crippen molar-refractivity contribution in [3.05, 3.63) is 12.7 Å². The molecule has 0 spiro atoms. The third kappa shape index (κ3) is 15.6. The summed E-state index contributed by atoms with van der Waals surface area (Å²) < 4.78 is 31.0. The van der Waals surface area contributed by atoms with E-state index in [4.69, 9.17) is 9.76 Å². The summed E-state index contributed by atoms with van der Waals surface area (Å²) in [7, 11) is -4.26. The van der Waals surface area contributed by atoms with Crippen molar-refractivity contribution < 1.29 is 22.4 Å². The van der Waals surface area contributed by atoms with Crippen molar-refractivity contribution in [1.82, 2.24) is 0 Å². The highest BCUT2D eigenvalue weighted by molar-refractivity contribution is 7.80. The molecule has 0 aliphatic rings. The van der Waals surface area contributed by atoms with E-state index in [1.165, 1.54) is 6.08 Å². The molecular formula is C3H9NO5S. The van der Waals surface area contributed by atoms with Gasteiger partial charge in [0.2, 0.25) is 0 Å². The Labute approximate surface area is 58.8 Å². The van der Waals surface area contributed by atoms with Gasteiger partial charge in [0.15, 0.2) is 0 Å². The lowest BCUT2D eigenvalue weighted by Crippen LogP contribution is -2.02. The van der Waals surface area contributed by atoms with Crippen LogP contribution in [0.15, 0.2) is 12.7 Å². The molecule has 6 nitrogen and oxygen atoms in total. The van der Waals surface area contributed by atoms with Crippen molar-refractivity contribution in [2.24, 2.45) is 5.90 Å². The van der Waals surface area contributed by atoms with Gasteiger partial charge in [-0.05, 0) is 0 Å². The molecule has 0 saturated heterocycles. The predicted octanol–water partition coefficient (Wildman–Crippen LogP) is -0.674. The lowest BCUT2D eigenvalue weighted by molar-refractivity contribution is 0.296. The number of nitrogens with two attached hydrogens (primary N) is 1. The Morgan fingerprint density at radius 1 is 1.60 bits per heavy atom. The van der Waals surface area contributed by atoms with Crippen molar-refractivity contribution in [3.63, 3.8) is 0 Å². The van der Waals surface area contributed by atoms with Crippen molar-refractivity contribution >= 4 is 10.4 Å². The molecule has 0 bridgehead atoms. The van der Waals surface area contributed by atoms with Gasteiger partial charge in [0.05, 0.1) is 6.61 Å². The van der Waals surface area contributed by atoms with Crippen LogP contribution in [0.4, 0.5) is 0 Å². The van der Waals surface area contributed by atoms with Crippen LogP contribution in [-0.4, -0.2) is 24.8 Å². The minimum absolute atomic E-state index is 0.196. The topological polar surface area (TPSA) is 110 Å². The van der Waals surface area contributed by atoms with Crippen LogP contribution in [0.1, 0.15) is 0 Å². The van der Waals surface area contributed by atoms with E-state index >= 15 is 0 Å². The van der Waals surface area contributed by atoms with E-state index in [9.17, 15) is 8.42 Å². The third-order valence-corrected chi connectivity index (χ3v) is 0.769. The van der Waals surface area contributed by atoms with E-state index in [-0.39, 0.29) is 6.61 Å². The van der Waals surface area contributed by atoms with Gasteiger partial charge < -0.3 is 5.21 Å². The summed E-state index contributed by atoms with van der Waals surface area (Å²) in [6, 6.07) is 0. The summed E-state index contributed by atoms with van der Waals surface area (Å²) in [5, 5.41) is 6.50. The van der Waals surface area contributed by atoms with Gasteiger partial charge in [-0.3, -0.25) is 4.55 Å². The van der Waals surface area contributed by atoms with Crippen LogP contribution < -0.4 is 5.90 Å². The summed E-state index contributed by atoms with van der Waals surface area (Å²) >= 11 is 0. The Balaban J connectivity index is 0. The molecule has 0 radical (unpaired) electrons. The highest BCUT2D eigenvalue weighted by Crippen LogP contribution is 1.83. The molecule has 0 atom stereocenters. The second-order valence-electron chi connectivity index (χ2n) is 1.00. The summed E-state index contributed by atoms with van der Waals surface area (Å²) in [6.07, 6.45) is 1.22. The van der Waals surface area contributed by atoms with Crippen molar-refractivity contribution in [2.75, 3.05) is 6.61 Å². The average molecular weight is 171 g/mol. The van der Waals surface area contributed by atoms with Gasteiger partial charge in [-0.2, -0.15) is 8.42 Å². The fourth-order valence-electron chi connectivity index (χ4n) is 0.134. The predicted molar refractivity (Wildman–Crippen MR) is 33.7 cm³/mol. The minimum Gasteiger partial charge on any atom is -0.320 e. The lowest BCUT2D eigenvalue weighted by atomic mass is 10.7. The largest absolute Gasteiger partial charge is 0.397 e. The molecule has 0 aromatic carbocycles. The summed E-state index contributed by atoms with van der Waals surface area (Å²) in [4.78, 5) is 0. The van der Waals surface area contributed by atoms with Gasteiger partial charge in [0.25, 0.3) is 0 Å². The first-order valence-electron chi connectivity index (χ1n) is 2.05. The number of rotatable bonds is 3. The van der Waals surface area contributed by atoms with Crippen LogP contribution >= 0.6 is 0 Å². The average Bonchev–Trinajstić information content (AvgIpc) is 1.87. The summed E-state index contributed by atoms with van der Waals surface area (Å²) in [5.41, 5.74) is 0. The molecule has 10 heavy (non-hydrogen) atoms. The first-order valence-corrected chi connectivity index (χ1v) is 3.41. The normalized spacial score (nSPS) is 9.50. The van der Waals surface area contributed by atoms with Crippen molar-refractivity contribution in [1.29, 1.82) is 0 Å². The molecule has 0 saturated carbocycles. The van der Waals surface area contributed by atoms with E-state index in [0.29, 0.717) is 0 Å². The maximum absolute atomic E-state index is 9.68. The first-order chi connectivity index (χ1) is 4.56. The van der Waals surface area contributed by atoms with Crippen LogP contribution in [0.2, 0.25) is 0 Å². The maximum atomic E-state index is 9.68. The van der Waals surface area contributed by atoms with E-state index in [1.807, 2.05) is 0 Å². The SMILES string of the molecule is C=CCOS(=O)(=O)O.NO. The Bertz CT molecular complexity index is 162. The van der Waals surface area contributed by atoms with Crippen LogP contribution in [0.5, 0.6) is 0 Å². The van der Waals surface area contributed by atoms with E-state index in [2.05, 4.69) is 16.7 Å². The Morgan fingerprint density at radius 2 is 2.00 bits per heavy atom. The van der Waals surface area contributed by atoms with Gasteiger partial charge in [-0.15, -0.1) is 6.58 Å². The second-order valence-corrected chi connectivity index (χ2v) is 2.09. The zero-order valence-electron chi connectivity index (χ0n) is 5.10. The van der Waals surface area contributed by atoms with Gasteiger partial charge >= 0.3 is 10.4 Å². The molecule has 4 N–H and O–H groups in total. The van der Waals surface area contributed by atoms with Crippen LogP contribution in [0.3, 0.4) is 0 Å². The van der Waals surface area contributed by atoms with Gasteiger partial charge in [0.1, 0.15) is 0 Å². The Morgan fingerprint density at radius 3 is 2.10 bits per heavy atom. The Kier molecular flexibility index (Phi) is 8.13. The molecule has 0 heterocycles. The zero-order chi connectivity index (χ0) is 8.62. The molecule has 7 heteroatoms. The molecule has 0 aromatic rings. The monoisotopic (exact) mass is 171 g/mol. The highest BCUT2D eigenvalue weighted by atomic mass is 32.3. The summed E-state index contributed by atoms with van der Waals surface area (Å²) in [6.45, 7) is 2.97. The van der Waals surface area contributed by atoms with Crippen molar-refractivity contribution in [2.45, 2.75) is 0 Å². The van der Waals surface area contributed by atoms with E-state index in [1.54, 1.807) is 0 Å². The third-order valence-electron chi connectivity index (χ3n) is 0.335. The second kappa shape index (κ2) is 6.65. The molecule has 0 aliphatic heterocycles. The molecule has 0 aliphatic carbocycles. The molecular weight excluding hydrogens is 162 g/mol. The van der Waals surface area contributed by atoms with Crippen LogP contribution in [-0.2, 0) is 14.6 Å². The van der Waals surface area contributed by atoms with Crippen LogP contribution in [0.25, 0.3) is 0 Å².